The Morgan fingerprint density at radius 1 is 0.700 bits per heavy atom. The Balaban J connectivity index is 1.32. The second kappa shape index (κ2) is 19.3. The first-order valence-electron chi connectivity index (χ1n) is 13.7. The van der Waals surface area contributed by atoms with Gasteiger partial charge in [0.15, 0.2) is 0 Å². The number of carbonyl (C=O) groups is 2. The molecule has 1 aliphatic rings. The zero-order valence-electron chi connectivity index (χ0n) is 23.1. The summed E-state index contributed by atoms with van der Waals surface area (Å²) in [5.74, 6) is 6.45. The molecule has 0 bridgehead atoms. The quantitative estimate of drug-likeness (QED) is 0.129. The molecule has 220 valence electrons. The average molecular weight is 609 g/mol. The van der Waals surface area contributed by atoms with Crippen LogP contribution in [-0.2, 0) is 20.1 Å². The minimum absolute atomic E-state index is 0.209. The van der Waals surface area contributed by atoms with Gasteiger partial charge in [-0.25, -0.2) is 0 Å². The molecule has 40 heavy (non-hydrogen) atoms. The van der Waals surface area contributed by atoms with Crippen LogP contribution in [0.25, 0.3) is 0 Å². The molecule has 0 aliphatic heterocycles. The fourth-order valence-corrected chi connectivity index (χ4v) is 6.70. The molecule has 0 aromatic heterocycles. The first-order chi connectivity index (χ1) is 19.6. The highest BCUT2D eigenvalue weighted by atomic mass is 32.2. The molecule has 0 radical (unpaired) electrons. The van der Waals surface area contributed by atoms with Crippen LogP contribution in [-0.4, -0.2) is 72.7 Å². The Bertz CT molecular complexity index is 912. The van der Waals surface area contributed by atoms with Crippen LogP contribution in [0.15, 0.2) is 48.5 Å². The highest BCUT2D eigenvalue weighted by molar-refractivity contribution is 8.02. The minimum Gasteiger partial charge on any atom is -0.493 e. The Hall–Kier alpha value is -1.85. The third-order valence-corrected chi connectivity index (χ3v) is 9.55. The second-order valence-electron chi connectivity index (χ2n) is 9.35. The van der Waals surface area contributed by atoms with Crippen LogP contribution in [0.2, 0.25) is 0 Å². The van der Waals surface area contributed by atoms with Crippen molar-refractivity contribution >= 4 is 47.2 Å². The molecule has 1 saturated carbocycles. The summed E-state index contributed by atoms with van der Waals surface area (Å²) in [5, 5.41) is 8.81. The first-order valence-corrected chi connectivity index (χ1v) is 17.1. The molecule has 3 rings (SSSR count). The van der Waals surface area contributed by atoms with Crippen LogP contribution in [0.5, 0.6) is 17.2 Å². The topological polar surface area (TPSA) is 91.3 Å². The van der Waals surface area contributed by atoms with E-state index in [1.54, 1.807) is 54.9 Å². The van der Waals surface area contributed by atoms with Crippen molar-refractivity contribution in [1.29, 1.82) is 0 Å². The fourth-order valence-electron chi connectivity index (χ4n) is 4.16. The van der Waals surface area contributed by atoms with Gasteiger partial charge in [0.1, 0.15) is 17.2 Å². The molecule has 0 saturated heterocycles. The molecule has 7 nitrogen and oxygen atoms in total. The van der Waals surface area contributed by atoms with Crippen molar-refractivity contribution in [2.75, 3.05) is 55.7 Å². The summed E-state index contributed by atoms with van der Waals surface area (Å²) in [7, 11) is 1.69. The van der Waals surface area contributed by atoms with E-state index in [-0.39, 0.29) is 30.4 Å². The second-order valence-corrected chi connectivity index (χ2v) is 12.9. The van der Waals surface area contributed by atoms with Crippen LogP contribution in [0.3, 0.4) is 0 Å². The maximum Gasteiger partial charge on any atom is 0.314 e. The predicted molar refractivity (Wildman–Crippen MR) is 165 cm³/mol. The molecule has 1 aliphatic carbocycles. The maximum absolute atomic E-state index is 12.7. The van der Waals surface area contributed by atoms with E-state index in [0.29, 0.717) is 43.8 Å². The molecule has 0 atom stereocenters. The van der Waals surface area contributed by atoms with Crippen molar-refractivity contribution in [3.8, 4) is 17.2 Å². The summed E-state index contributed by atoms with van der Waals surface area (Å²) < 4.78 is 22.0. The number of carbonyl (C=O) groups excluding carboxylic acids is 2. The lowest BCUT2D eigenvalue weighted by atomic mass is 9.82. The van der Waals surface area contributed by atoms with Gasteiger partial charge in [0.25, 0.3) is 0 Å². The van der Waals surface area contributed by atoms with E-state index in [1.807, 2.05) is 36.0 Å². The van der Waals surface area contributed by atoms with Gasteiger partial charge in [-0.15, -0.1) is 0 Å². The first kappa shape index (κ1) is 32.7. The van der Waals surface area contributed by atoms with Crippen LogP contribution >= 0.6 is 35.3 Å². The summed E-state index contributed by atoms with van der Waals surface area (Å²) in [5.41, 5.74) is 1.19. The molecule has 0 heterocycles. The summed E-state index contributed by atoms with van der Waals surface area (Å²) in [4.78, 5) is 25.4. The van der Waals surface area contributed by atoms with E-state index < -0.39 is 0 Å². The number of aliphatic hydroxyl groups is 1. The lowest BCUT2D eigenvalue weighted by Gasteiger charge is -2.25. The normalized spacial score (nSPS) is 16.9. The standard InChI is InChI=1S/C30H40O7S3/c1-34-15-18-39-19-16-35-26-10-12-28(13-11-26)37-30(33)25-6-4-24(5-7-25)29(32)36-27-8-2-23(3-9-27)22-40-21-20-38-17-14-31/h2-3,8-13,24-25,31H,4-7,14-22H2,1H3. The van der Waals surface area contributed by atoms with E-state index in [4.69, 9.17) is 24.1 Å². The summed E-state index contributed by atoms with van der Waals surface area (Å²) in [6.45, 7) is 1.57. The van der Waals surface area contributed by atoms with E-state index >= 15 is 0 Å². The van der Waals surface area contributed by atoms with Gasteiger partial charge in [0.2, 0.25) is 0 Å². The van der Waals surface area contributed by atoms with Crippen molar-refractivity contribution in [2.45, 2.75) is 31.4 Å². The highest BCUT2D eigenvalue weighted by Gasteiger charge is 2.32. The molecule has 1 N–H and O–H groups in total. The van der Waals surface area contributed by atoms with Gasteiger partial charge in [-0.3, -0.25) is 9.59 Å². The van der Waals surface area contributed by atoms with Gasteiger partial charge < -0.3 is 24.1 Å². The predicted octanol–water partition coefficient (Wildman–Crippen LogP) is 5.72. The van der Waals surface area contributed by atoms with Crippen LogP contribution in [0, 0.1) is 11.8 Å². The number of thioether (sulfide) groups is 3. The van der Waals surface area contributed by atoms with E-state index in [9.17, 15) is 9.59 Å². The summed E-state index contributed by atoms with van der Waals surface area (Å²) in [6, 6.07) is 14.8. The van der Waals surface area contributed by atoms with Crippen molar-refractivity contribution in [3.63, 3.8) is 0 Å². The molecule has 2 aromatic carbocycles. The largest absolute Gasteiger partial charge is 0.493 e. The van der Waals surface area contributed by atoms with E-state index in [2.05, 4.69) is 0 Å². The number of aliphatic hydroxyl groups excluding tert-OH is 1. The van der Waals surface area contributed by atoms with Crippen LogP contribution in [0.4, 0.5) is 0 Å². The molecule has 0 spiro atoms. The van der Waals surface area contributed by atoms with E-state index in [1.165, 1.54) is 5.56 Å². The fraction of sp³-hybridized carbons (Fsp3) is 0.533. The number of hydrogen-bond donors (Lipinski definition) is 1. The Kier molecular flexibility index (Phi) is 15.8. The monoisotopic (exact) mass is 608 g/mol. The SMILES string of the molecule is COCCSCCOc1ccc(OC(=O)C2CCC(C(=O)Oc3ccc(CSCCSCCO)cc3)CC2)cc1. The number of esters is 2. The highest BCUT2D eigenvalue weighted by Crippen LogP contribution is 2.32. The van der Waals surface area contributed by atoms with Crippen molar-refractivity contribution in [3.05, 3.63) is 54.1 Å². The van der Waals surface area contributed by atoms with Crippen LogP contribution < -0.4 is 14.2 Å². The Morgan fingerprint density at radius 2 is 1.20 bits per heavy atom. The van der Waals surface area contributed by atoms with Gasteiger partial charge in [0.05, 0.1) is 31.7 Å². The van der Waals surface area contributed by atoms with Gasteiger partial charge in [-0.1, -0.05) is 12.1 Å². The number of benzene rings is 2. The van der Waals surface area contributed by atoms with Crippen molar-refractivity contribution < 1.29 is 33.6 Å². The number of methoxy groups -OCH3 is 1. The average Bonchev–Trinajstić information content (AvgIpc) is 2.98. The smallest absolute Gasteiger partial charge is 0.314 e. The molecule has 0 unspecified atom stereocenters. The Morgan fingerprint density at radius 3 is 1.77 bits per heavy atom. The van der Waals surface area contributed by atoms with Gasteiger partial charge in [0, 0.05) is 41.6 Å². The third kappa shape index (κ3) is 12.3. The van der Waals surface area contributed by atoms with Gasteiger partial charge in [-0.05, 0) is 67.6 Å². The summed E-state index contributed by atoms with van der Waals surface area (Å²) >= 11 is 5.38. The van der Waals surface area contributed by atoms with Crippen molar-refractivity contribution in [1.82, 2.24) is 0 Å². The zero-order valence-corrected chi connectivity index (χ0v) is 25.5. The third-order valence-electron chi connectivity index (χ3n) is 6.38. The van der Waals surface area contributed by atoms with Gasteiger partial charge in [-0.2, -0.15) is 35.3 Å². The minimum atomic E-state index is -0.254. The molecule has 10 heteroatoms. The number of ether oxygens (including phenoxy) is 4. The van der Waals surface area contributed by atoms with E-state index in [0.717, 1.165) is 46.9 Å². The number of hydrogen-bond acceptors (Lipinski definition) is 10. The summed E-state index contributed by atoms with van der Waals surface area (Å²) in [6.07, 6.45) is 2.42. The number of rotatable bonds is 18. The molecular weight excluding hydrogens is 569 g/mol. The molecule has 0 amide bonds. The molecule has 1 fully saturated rings. The molecular formula is C30H40O7S3. The van der Waals surface area contributed by atoms with Gasteiger partial charge >= 0.3 is 11.9 Å². The Labute approximate surface area is 250 Å². The maximum atomic E-state index is 12.7. The zero-order chi connectivity index (χ0) is 28.4. The van der Waals surface area contributed by atoms with Crippen molar-refractivity contribution in [2.24, 2.45) is 11.8 Å². The van der Waals surface area contributed by atoms with Crippen LogP contribution in [0.1, 0.15) is 31.2 Å². The lowest BCUT2D eigenvalue weighted by molar-refractivity contribution is -0.145. The lowest BCUT2D eigenvalue weighted by Crippen LogP contribution is -2.30. The molecule has 2 aromatic rings.